The normalized spacial score (nSPS) is 19.5. The Morgan fingerprint density at radius 1 is 1.71 bits per heavy atom. The second kappa shape index (κ2) is 5.77. The van der Waals surface area contributed by atoms with Gasteiger partial charge in [-0.2, -0.15) is 0 Å². The van der Waals surface area contributed by atoms with Gasteiger partial charge in [0.15, 0.2) is 0 Å². The molecule has 94 valence electrons. The molecule has 1 saturated heterocycles. The maximum Gasteiger partial charge on any atom is 0.377 e. The minimum atomic E-state index is -0.497. The molecule has 2 rings (SSSR count). The van der Waals surface area contributed by atoms with Gasteiger partial charge in [0.1, 0.15) is 6.33 Å². The van der Waals surface area contributed by atoms with Gasteiger partial charge in [0.25, 0.3) is 5.82 Å². The van der Waals surface area contributed by atoms with Crippen LogP contribution in [-0.4, -0.2) is 40.6 Å². The van der Waals surface area contributed by atoms with Crippen LogP contribution in [0.1, 0.15) is 36.3 Å². The number of nitrogens with zero attached hydrogens (tertiary/aromatic N) is 3. The number of carbonyl (C=O) groups excluding carboxylic acids is 1. The predicted octanol–water partition coefficient (Wildman–Crippen LogP) is 1.02. The van der Waals surface area contributed by atoms with Gasteiger partial charge in [-0.1, -0.05) is 0 Å². The maximum absolute atomic E-state index is 11.1. The molecule has 1 atom stereocenters. The van der Waals surface area contributed by atoms with Crippen molar-refractivity contribution in [2.45, 2.75) is 38.3 Å². The first-order valence-corrected chi connectivity index (χ1v) is 5.89. The first kappa shape index (κ1) is 12.0. The van der Waals surface area contributed by atoms with Gasteiger partial charge < -0.3 is 9.47 Å². The summed E-state index contributed by atoms with van der Waals surface area (Å²) in [7, 11) is 1.32. The van der Waals surface area contributed by atoms with E-state index in [1.165, 1.54) is 13.5 Å². The van der Waals surface area contributed by atoms with Crippen molar-refractivity contribution in [3.8, 4) is 0 Å². The van der Waals surface area contributed by atoms with Crippen LogP contribution < -0.4 is 0 Å². The van der Waals surface area contributed by atoms with Crippen molar-refractivity contribution in [1.29, 1.82) is 0 Å². The first-order chi connectivity index (χ1) is 8.29. The molecule has 0 N–H and O–H groups in total. The summed E-state index contributed by atoms with van der Waals surface area (Å²) < 4.78 is 11.7. The van der Waals surface area contributed by atoms with E-state index in [1.807, 2.05) is 0 Å². The molecule has 0 saturated carbocycles. The van der Waals surface area contributed by atoms with E-state index in [2.05, 4.69) is 14.8 Å². The summed E-state index contributed by atoms with van der Waals surface area (Å²) >= 11 is 0. The average Bonchev–Trinajstić information content (AvgIpc) is 2.99. The number of aryl methyl sites for hydroxylation is 1. The van der Waals surface area contributed by atoms with Crippen molar-refractivity contribution in [1.82, 2.24) is 14.8 Å². The molecule has 0 spiro atoms. The Balaban J connectivity index is 1.74. The zero-order chi connectivity index (χ0) is 12.1. The second-order valence-corrected chi connectivity index (χ2v) is 4.10. The number of ether oxygens (including phenoxy) is 2. The number of carbonyl (C=O) groups is 1. The molecule has 0 bridgehead atoms. The summed E-state index contributed by atoms with van der Waals surface area (Å²) in [6.45, 7) is 1.64. The fourth-order valence-corrected chi connectivity index (χ4v) is 1.94. The lowest BCUT2D eigenvalue weighted by Crippen LogP contribution is -2.09. The lowest BCUT2D eigenvalue weighted by atomic mass is 10.1. The van der Waals surface area contributed by atoms with Gasteiger partial charge in [0.2, 0.25) is 0 Å². The van der Waals surface area contributed by atoms with Crippen LogP contribution in [0.2, 0.25) is 0 Å². The van der Waals surface area contributed by atoms with Crippen molar-refractivity contribution in [2.75, 3.05) is 13.7 Å². The third kappa shape index (κ3) is 3.26. The third-order valence-electron chi connectivity index (χ3n) is 2.84. The largest absolute Gasteiger partial charge is 0.463 e. The van der Waals surface area contributed by atoms with Crippen molar-refractivity contribution >= 4 is 5.97 Å². The highest BCUT2D eigenvalue weighted by Gasteiger charge is 2.15. The summed E-state index contributed by atoms with van der Waals surface area (Å²) in [4.78, 5) is 15.0. The molecular weight excluding hydrogens is 222 g/mol. The highest BCUT2D eigenvalue weighted by Crippen LogP contribution is 2.16. The van der Waals surface area contributed by atoms with Gasteiger partial charge in [-0.25, -0.2) is 9.78 Å². The second-order valence-electron chi connectivity index (χ2n) is 4.10. The predicted molar refractivity (Wildman–Crippen MR) is 59.6 cm³/mol. The van der Waals surface area contributed by atoms with Crippen LogP contribution in [0.5, 0.6) is 0 Å². The molecule has 2 heterocycles. The summed E-state index contributed by atoms with van der Waals surface area (Å²) in [5, 5.41) is 4.04. The third-order valence-corrected chi connectivity index (χ3v) is 2.84. The van der Waals surface area contributed by atoms with Crippen molar-refractivity contribution in [3.05, 3.63) is 12.2 Å². The Bertz CT molecular complexity index is 372. The standard InChI is InChI=1S/C11H17N3O3/c1-16-11(15)10-12-8-14(13-10)6-2-4-9-5-3-7-17-9/h8-9H,2-7H2,1H3. The molecule has 1 unspecified atom stereocenters. The molecule has 6 heteroatoms. The van der Waals surface area contributed by atoms with Gasteiger partial charge in [-0.15, -0.1) is 5.10 Å². The van der Waals surface area contributed by atoms with Crippen LogP contribution in [0.25, 0.3) is 0 Å². The van der Waals surface area contributed by atoms with Gasteiger partial charge in [-0.3, -0.25) is 4.68 Å². The lowest BCUT2D eigenvalue weighted by molar-refractivity contribution is 0.0586. The summed E-state index contributed by atoms with van der Waals surface area (Å²) in [5.74, 6) is -0.382. The quantitative estimate of drug-likeness (QED) is 0.718. The van der Waals surface area contributed by atoms with Crippen molar-refractivity contribution in [3.63, 3.8) is 0 Å². The zero-order valence-electron chi connectivity index (χ0n) is 9.96. The van der Waals surface area contributed by atoms with Crippen LogP contribution in [0, 0.1) is 0 Å². The highest BCUT2D eigenvalue weighted by molar-refractivity contribution is 5.84. The summed E-state index contributed by atoms with van der Waals surface area (Å²) in [6, 6.07) is 0. The smallest absolute Gasteiger partial charge is 0.377 e. The number of esters is 1. The molecule has 1 aliphatic heterocycles. The number of aromatic nitrogens is 3. The Kier molecular flexibility index (Phi) is 4.08. The van der Waals surface area contributed by atoms with E-state index in [9.17, 15) is 4.79 Å². The fourth-order valence-electron chi connectivity index (χ4n) is 1.94. The van der Waals surface area contributed by atoms with Gasteiger partial charge in [0, 0.05) is 13.2 Å². The van der Waals surface area contributed by atoms with Gasteiger partial charge in [0.05, 0.1) is 13.2 Å². The summed E-state index contributed by atoms with van der Waals surface area (Å²) in [6.07, 6.45) is 6.30. The SMILES string of the molecule is COC(=O)c1ncn(CCCC2CCCO2)n1. The number of rotatable bonds is 5. The molecule has 0 aromatic carbocycles. The Morgan fingerprint density at radius 2 is 2.59 bits per heavy atom. The topological polar surface area (TPSA) is 66.2 Å². The highest BCUT2D eigenvalue weighted by atomic mass is 16.5. The average molecular weight is 239 g/mol. The van der Waals surface area contributed by atoms with E-state index in [0.717, 1.165) is 32.4 Å². The molecule has 0 radical (unpaired) electrons. The van der Waals surface area contributed by atoms with Crippen LogP contribution in [0.15, 0.2) is 6.33 Å². The van der Waals surface area contributed by atoms with E-state index in [4.69, 9.17) is 4.74 Å². The van der Waals surface area contributed by atoms with Crippen molar-refractivity contribution < 1.29 is 14.3 Å². The minimum absolute atomic E-state index is 0.115. The van der Waals surface area contributed by atoms with Crippen molar-refractivity contribution in [2.24, 2.45) is 0 Å². The molecule has 0 amide bonds. The van der Waals surface area contributed by atoms with E-state index in [0.29, 0.717) is 6.10 Å². The molecule has 6 nitrogen and oxygen atoms in total. The maximum atomic E-state index is 11.1. The lowest BCUT2D eigenvalue weighted by Gasteiger charge is -2.08. The molecule has 17 heavy (non-hydrogen) atoms. The van der Waals surface area contributed by atoms with E-state index in [-0.39, 0.29) is 5.82 Å². The Labute approximate surface area is 99.9 Å². The molecule has 1 aromatic heterocycles. The molecular formula is C11H17N3O3. The van der Waals surface area contributed by atoms with E-state index >= 15 is 0 Å². The zero-order valence-corrected chi connectivity index (χ0v) is 9.96. The first-order valence-electron chi connectivity index (χ1n) is 5.89. The number of hydrogen-bond donors (Lipinski definition) is 0. The fraction of sp³-hybridized carbons (Fsp3) is 0.727. The van der Waals surface area contributed by atoms with E-state index in [1.54, 1.807) is 11.0 Å². The van der Waals surface area contributed by atoms with Gasteiger partial charge in [-0.05, 0) is 25.7 Å². The molecule has 0 aliphatic carbocycles. The summed E-state index contributed by atoms with van der Waals surface area (Å²) in [5.41, 5.74) is 0. The Morgan fingerprint density at radius 3 is 3.29 bits per heavy atom. The van der Waals surface area contributed by atoms with Crippen LogP contribution in [0.3, 0.4) is 0 Å². The van der Waals surface area contributed by atoms with Crippen LogP contribution in [0.4, 0.5) is 0 Å². The number of methoxy groups -OCH3 is 1. The molecule has 1 aliphatic rings. The van der Waals surface area contributed by atoms with Gasteiger partial charge >= 0.3 is 5.97 Å². The monoisotopic (exact) mass is 239 g/mol. The molecule has 1 fully saturated rings. The van der Waals surface area contributed by atoms with E-state index < -0.39 is 5.97 Å². The minimum Gasteiger partial charge on any atom is -0.463 e. The number of hydrogen-bond acceptors (Lipinski definition) is 5. The Hall–Kier alpha value is -1.43. The van der Waals surface area contributed by atoms with Crippen LogP contribution >= 0.6 is 0 Å². The molecule has 1 aromatic rings. The van der Waals surface area contributed by atoms with Crippen LogP contribution in [-0.2, 0) is 16.0 Å².